The fraction of sp³-hybridized carbons (Fsp3) is 0.600. The van der Waals surface area contributed by atoms with Crippen molar-refractivity contribution in [2.45, 2.75) is 26.7 Å². The molecule has 1 rings (SSSR count). The van der Waals surface area contributed by atoms with Crippen molar-refractivity contribution in [2.24, 2.45) is 13.0 Å². The van der Waals surface area contributed by atoms with Crippen molar-refractivity contribution in [3.05, 3.63) is 17.5 Å². The Morgan fingerprint density at radius 1 is 1.71 bits per heavy atom. The number of carbonyl (C=O) groups is 1. The lowest BCUT2D eigenvalue weighted by atomic mass is 10.0. The van der Waals surface area contributed by atoms with Crippen molar-refractivity contribution in [3.8, 4) is 0 Å². The van der Waals surface area contributed by atoms with Gasteiger partial charge in [-0.15, -0.1) is 0 Å². The molecule has 0 aliphatic carbocycles. The minimum Gasteiger partial charge on any atom is -0.481 e. The molecule has 1 aromatic rings. The van der Waals surface area contributed by atoms with E-state index in [0.29, 0.717) is 6.42 Å². The molecule has 0 saturated carbocycles. The minimum atomic E-state index is -0.732. The van der Waals surface area contributed by atoms with Gasteiger partial charge in [0.25, 0.3) is 0 Å². The fourth-order valence-electron chi connectivity index (χ4n) is 1.41. The third kappa shape index (κ3) is 2.34. The fourth-order valence-corrected chi connectivity index (χ4v) is 1.41. The van der Waals surface area contributed by atoms with Gasteiger partial charge in [0.05, 0.1) is 12.1 Å². The molecule has 0 radical (unpaired) electrons. The molecule has 0 spiro atoms. The smallest absolute Gasteiger partial charge is 0.306 e. The van der Waals surface area contributed by atoms with E-state index < -0.39 is 5.97 Å². The molecule has 4 heteroatoms. The van der Waals surface area contributed by atoms with E-state index in [4.69, 9.17) is 5.11 Å². The highest BCUT2D eigenvalue weighted by Crippen LogP contribution is 2.12. The van der Waals surface area contributed by atoms with E-state index in [1.54, 1.807) is 13.1 Å². The molecule has 0 aliphatic rings. The number of aryl methyl sites for hydroxylation is 2. The van der Waals surface area contributed by atoms with Gasteiger partial charge in [0.1, 0.15) is 0 Å². The maximum atomic E-state index is 10.6. The van der Waals surface area contributed by atoms with Gasteiger partial charge in [0.15, 0.2) is 0 Å². The lowest BCUT2D eigenvalue weighted by Gasteiger charge is -2.07. The van der Waals surface area contributed by atoms with Crippen LogP contribution in [-0.4, -0.2) is 20.9 Å². The Hall–Kier alpha value is -1.32. The van der Waals surface area contributed by atoms with Gasteiger partial charge < -0.3 is 5.11 Å². The van der Waals surface area contributed by atoms with Crippen LogP contribution in [0.15, 0.2) is 6.20 Å². The van der Waals surface area contributed by atoms with Gasteiger partial charge in [-0.3, -0.25) is 9.48 Å². The number of hydrogen-bond acceptors (Lipinski definition) is 2. The van der Waals surface area contributed by atoms with E-state index in [9.17, 15) is 4.79 Å². The molecule has 0 aliphatic heterocycles. The van der Waals surface area contributed by atoms with Gasteiger partial charge in [-0.1, -0.05) is 6.92 Å². The van der Waals surface area contributed by atoms with Gasteiger partial charge in [0, 0.05) is 12.7 Å². The Morgan fingerprint density at radius 3 is 2.79 bits per heavy atom. The largest absolute Gasteiger partial charge is 0.481 e. The number of aliphatic carboxylic acids is 1. The lowest BCUT2D eigenvalue weighted by Crippen LogP contribution is -2.11. The van der Waals surface area contributed by atoms with E-state index in [1.807, 2.05) is 18.7 Å². The van der Waals surface area contributed by atoms with Crippen molar-refractivity contribution in [3.63, 3.8) is 0 Å². The van der Waals surface area contributed by atoms with Crippen molar-refractivity contribution < 1.29 is 9.90 Å². The first kappa shape index (κ1) is 10.8. The van der Waals surface area contributed by atoms with Crippen LogP contribution in [0.1, 0.15) is 24.6 Å². The Morgan fingerprint density at radius 2 is 2.36 bits per heavy atom. The standard InChI is InChI=1S/C10H16N2O2/c1-7(10(13)14)4-5-9-8(2)6-11-12(9)3/h6-7H,4-5H2,1-3H3,(H,13,14). The van der Waals surface area contributed by atoms with Crippen molar-refractivity contribution >= 4 is 5.97 Å². The molecular weight excluding hydrogens is 180 g/mol. The monoisotopic (exact) mass is 196 g/mol. The second kappa shape index (κ2) is 4.26. The number of rotatable bonds is 4. The van der Waals surface area contributed by atoms with Crippen LogP contribution >= 0.6 is 0 Å². The van der Waals surface area contributed by atoms with Gasteiger partial charge in [-0.25, -0.2) is 0 Å². The van der Waals surface area contributed by atoms with Crippen LogP contribution in [0.5, 0.6) is 0 Å². The summed E-state index contributed by atoms with van der Waals surface area (Å²) >= 11 is 0. The molecule has 0 saturated heterocycles. The van der Waals surface area contributed by atoms with Crippen LogP contribution in [0.4, 0.5) is 0 Å². The molecule has 1 unspecified atom stereocenters. The van der Waals surface area contributed by atoms with Gasteiger partial charge in [-0.2, -0.15) is 5.10 Å². The van der Waals surface area contributed by atoms with E-state index >= 15 is 0 Å². The Kier molecular flexibility index (Phi) is 3.28. The van der Waals surface area contributed by atoms with Crippen LogP contribution < -0.4 is 0 Å². The quantitative estimate of drug-likeness (QED) is 0.791. The summed E-state index contributed by atoms with van der Waals surface area (Å²) in [6, 6.07) is 0. The summed E-state index contributed by atoms with van der Waals surface area (Å²) < 4.78 is 1.81. The number of hydrogen-bond donors (Lipinski definition) is 1. The predicted octanol–water partition coefficient (Wildman–Crippen LogP) is 1.38. The first-order valence-electron chi connectivity index (χ1n) is 4.72. The molecule has 1 heterocycles. The highest BCUT2D eigenvalue weighted by molar-refractivity contribution is 5.69. The Labute approximate surface area is 83.5 Å². The average Bonchev–Trinajstić information content (AvgIpc) is 2.43. The molecule has 1 atom stereocenters. The molecular formula is C10H16N2O2. The SMILES string of the molecule is Cc1cnn(C)c1CCC(C)C(=O)O. The predicted molar refractivity (Wildman–Crippen MR) is 53.1 cm³/mol. The zero-order valence-electron chi connectivity index (χ0n) is 8.82. The van der Waals surface area contributed by atoms with Gasteiger partial charge >= 0.3 is 5.97 Å². The van der Waals surface area contributed by atoms with Crippen LogP contribution in [-0.2, 0) is 18.3 Å². The topological polar surface area (TPSA) is 55.1 Å². The number of carboxylic acid groups (broad SMARTS) is 1. The van der Waals surface area contributed by atoms with Crippen LogP contribution in [0.2, 0.25) is 0 Å². The molecule has 0 fully saturated rings. The maximum Gasteiger partial charge on any atom is 0.306 e. The van der Waals surface area contributed by atoms with Crippen molar-refractivity contribution in [1.29, 1.82) is 0 Å². The molecule has 1 aromatic heterocycles. The number of carboxylic acids is 1. The van der Waals surface area contributed by atoms with Gasteiger partial charge in [-0.05, 0) is 25.3 Å². The zero-order chi connectivity index (χ0) is 10.7. The average molecular weight is 196 g/mol. The summed E-state index contributed by atoms with van der Waals surface area (Å²) in [4.78, 5) is 10.6. The summed E-state index contributed by atoms with van der Waals surface area (Å²) in [5, 5.41) is 12.8. The molecule has 14 heavy (non-hydrogen) atoms. The maximum absolute atomic E-state index is 10.6. The van der Waals surface area contributed by atoms with E-state index in [0.717, 1.165) is 17.7 Å². The van der Waals surface area contributed by atoms with Crippen LogP contribution in [0, 0.1) is 12.8 Å². The minimum absolute atomic E-state index is 0.288. The summed E-state index contributed by atoms with van der Waals surface area (Å²) in [7, 11) is 1.88. The molecule has 4 nitrogen and oxygen atoms in total. The molecule has 78 valence electrons. The lowest BCUT2D eigenvalue weighted by molar-refractivity contribution is -0.141. The molecule has 0 bridgehead atoms. The highest BCUT2D eigenvalue weighted by Gasteiger charge is 2.12. The van der Waals surface area contributed by atoms with E-state index in [-0.39, 0.29) is 5.92 Å². The summed E-state index contributed by atoms with van der Waals surface area (Å²) in [5.74, 6) is -1.02. The summed E-state index contributed by atoms with van der Waals surface area (Å²) in [6.45, 7) is 3.72. The van der Waals surface area contributed by atoms with Gasteiger partial charge in [0.2, 0.25) is 0 Å². The summed E-state index contributed by atoms with van der Waals surface area (Å²) in [6.07, 6.45) is 3.24. The van der Waals surface area contributed by atoms with E-state index in [2.05, 4.69) is 5.10 Å². The molecule has 1 N–H and O–H groups in total. The second-order valence-electron chi connectivity index (χ2n) is 3.68. The van der Waals surface area contributed by atoms with Crippen molar-refractivity contribution in [2.75, 3.05) is 0 Å². The zero-order valence-corrected chi connectivity index (χ0v) is 8.82. The number of nitrogens with zero attached hydrogens (tertiary/aromatic N) is 2. The van der Waals surface area contributed by atoms with Crippen molar-refractivity contribution in [1.82, 2.24) is 9.78 Å². The highest BCUT2D eigenvalue weighted by atomic mass is 16.4. The number of aromatic nitrogens is 2. The summed E-state index contributed by atoms with van der Waals surface area (Å²) in [5.41, 5.74) is 2.25. The Bertz CT molecular complexity index is 311. The first-order chi connectivity index (χ1) is 6.52. The first-order valence-corrected chi connectivity index (χ1v) is 4.72. The second-order valence-corrected chi connectivity index (χ2v) is 3.68. The van der Waals surface area contributed by atoms with Crippen LogP contribution in [0.25, 0.3) is 0 Å². The molecule has 0 aromatic carbocycles. The van der Waals surface area contributed by atoms with E-state index in [1.165, 1.54) is 0 Å². The third-order valence-electron chi connectivity index (χ3n) is 2.51. The normalized spacial score (nSPS) is 12.8. The van der Waals surface area contributed by atoms with Crippen LogP contribution in [0.3, 0.4) is 0 Å². The third-order valence-corrected chi connectivity index (χ3v) is 2.51. The Balaban J connectivity index is 2.57. The molecule has 0 amide bonds.